The van der Waals surface area contributed by atoms with Crippen LogP contribution in [0.3, 0.4) is 0 Å². The predicted octanol–water partition coefficient (Wildman–Crippen LogP) is -6.08. The third-order valence-corrected chi connectivity index (χ3v) is 2.20. The molecular weight excluding hydrogens is 250 g/mol. The lowest BCUT2D eigenvalue weighted by Crippen LogP contribution is -3.00. The molecule has 5 heteroatoms. The van der Waals surface area contributed by atoms with Gasteiger partial charge in [0.2, 0.25) is 0 Å². The maximum Gasteiger partial charge on any atom is 0.123 e. The van der Waals surface area contributed by atoms with Gasteiger partial charge in [0, 0.05) is 18.4 Å². The fraction of sp³-hybridized carbons (Fsp3) is 0.455. The molecule has 0 aliphatic rings. The lowest BCUT2D eigenvalue weighted by Gasteiger charge is -2.00. The molecular formula is C11H19Cl2FN2. The molecule has 0 spiro atoms. The third-order valence-electron chi connectivity index (χ3n) is 2.20. The molecule has 0 aliphatic carbocycles. The van der Waals surface area contributed by atoms with Crippen LogP contribution in [0.15, 0.2) is 24.3 Å². The van der Waals surface area contributed by atoms with Crippen LogP contribution < -0.4 is 35.9 Å². The van der Waals surface area contributed by atoms with Crippen molar-refractivity contribution in [3.63, 3.8) is 0 Å². The van der Waals surface area contributed by atoms with Crippen LogP contribution >= 0.6 is 0 Å². The predicted molar refractivity (Wildman–Crippen MR) is 53.9 cm³/mol. The summed E-state index contributed by atoms with van der Waals surface area (Å²) in [6.07, 6.45) is 2.41. The Hall–Kier alpha value is -0.350. The minimum Gasteiger partial charge on any atom is -1.00 e. The summed E-state index contributed by atoms with van der Waals surface area (Å²) in [5, 5.41) is 2.25. The van der Waals surface area contributed by atoms with E-state index in [0.29, 0.717) is 0 Å². The maximum atomic E-state index is 12.6. The number of hydrogen-bond donors (Lipinski definition) is 2. The number of rotatable bonds is 6. The minimum absolute atomic E-state index is 0. The molecule has 1 aromatic rings. The molecule has 0 saturated heterocycles. The van der Waals surface area contributed by atoms with Gasteiger partial charge in [-0.2, -0.15) is 0 Å². The summed E-state index contributed by atoms with van der Waals surface area (Å²) in [4.78, 5) is 0. The van der Waals surface area contributed by atoms with Crippen molar-refractivity contribution < 1.29 is 40.3 Å². The highest BCUT2D eigenvalue weighted by Gasteiger charge is 1.96. The van der Waals surface area contributed by atoms with Crippen molar-refractivity contribution in [3.05, 3.63) is 35.6 Å². The van der Waals surface area contributed by atoms with Crippen molar-refractivity contribution in [2.75, 3.05) is 13.1 Å². The van der Waals surface area contributed by atoms with Gasteiger partial charge in [0.1, 0.15) is 12.4 Å². The topological polar surface area (TPSA) is 44.2 Å². The summed E-state index contributed by atoms with van der Waals surface area (Å²) >= 11 is 0. The van der Waals surface area contributed by atoms with E-state index < -0.39 is 0 Å². The van der Waals surface area contributed by atoms with Gasteiger partial charge in [-0.1, -0.05) is 12.1 Å². The molecule has 0 aromatic heterocycles. The van der Waals surface area contributed by atoms with Crippen molar-refractivity contribution >= 4 is 0 Å². The second kappa shape index (κ2) is 11.1. The fourth-order valence-electron chi connectivity index (χ4n) is 1.35. The van der Waals surface area contributed by atoms with Gasteiger partial charge in [0.25, 0.3) is 0 Å². The van der Waals surface area contributed by atoms with Crippen LogP contribution in [0.5, 0.6) is 0 Å². The number of benzene rings is 1. The van der Waals surface area contributed by atoms with E-state index >= 15 is 0 Å². The van der Waals surface area contributed by atoms with Gasteiger partial charge in [-0.25, -0.2) is 4.39 Å². The highest BCUT2D eigenvalue weighted by molar-refractivity contribution is 5.14. The van der Waals surface area contributed by atoms with Crippen LogP contribution in [0.1, 0.15) is 18.4 Å². The third kappa shape index (κ3) is 7.88. The SMILES string of the molecule is [Cl-].[Cl-].[NH3+]CCCC[NH2+]Cc1ccc(F)cc1. The smallest absolute Gasteiger partial charge is 0.123 e. The van der Waals surface area contributed by atoms with Crippen LogP contribution in [0.4, 0.5) is 4.39 Å². The molecule has 5 N–H and O–H groups in total. The molecule has 0 fully saturated rings. The number of unbranched alkanes of at least 4 members (excludes halogenated alkanes) is 1. The Morgan fingerprint density at radius 1 is 1.06 bits per heavy atom. The molecule has 0 bridgehead atoms. The van der Waals surface area contributed by atoms with E-state index in [9.17, 15) is 4.39 Å². The van der Waals surface area contributed by atoms with Gasteiger partial charge in [0.05, 0.1) is 13.1 Å². The Labute approximate surface area is 109 Å². The summed E-state index contributed by atoms with van der Waals surface area (Å²) in [5.74, 6) is -0.161. The zero-order chi connectivity index (χ0) is 10.2. The lowest BCUT2D eigenvalue weighted by atomic mass is 10.2. The largest absolute Gasteiger partial charge is 1.00 e. The van der Waals surface area contributed by atoms with E-state index in [1.807, 2.05) is 12.1 Å². The van der Waals surface area contributed by atoms with Crippen molar-refractivity contribution in [1.29, 1.82) is 0 Å². The average molecular weight is 269 g/mol. The van der Waals surface area contributed by atoms with Gasteiger partial charge in [0.15, 0.2) is 0 Å². The molecule has 94 valence electrons. The van der Waals surface area contributed by atoms with Gasteiger partial charge in [-0.3, -0.25) is 0 Å². The summed E-state index contributed by atoms with van der Waals surface area (Å²) in [6.45, 7) is 3.09. The van der Waals surface area contributed by atoms with Crippen LogP contribution in [0.25, 0.3) is 0 Å². The molecule has 1 rings (SSSR count). The van der Waals surface area contributed by atoms with E-state index in [2.05, 4.69) is 11.1 Å². The molecule has 2 nitrogen and oxygen atoms in total. The summed E-state index contributed by atoms with van der Waals surface area (Å²) in [7, 11) is 0. The molecule has 0 heterocycles. The normalized spacial score (nSPS) is 9.12. The first-order valence-electron chi connectivity index (χ1n) is 5.18. The Kier molecular flexibility index (Phi) is 12.6. The van der Waals surface area contributed by atoms with Gasteiger partial charge >= 0.3 is 0 Å². The Morgan fingerprint density at radius 3 is 2.25 bits per heavy atom. The zero-order valence-corrected chi connectivity index (χ0v) is 10.8. The van der Waals surface area contributed by atoms with E-state index in [1.54, 1.807) is 0 Å². The molecule has 1 aromatic carbocycles. The molecule has 0 saturated carbocycles. The summed E-state index contributed by atoms with van der Waals surface area (Å²) in [5.41, 5.74) is 4.98. The number of halogens is 3. The van der Waals surface area contributed by atoms with E-state index in [-0.39, 0.29) is 30.6 Å². The first kappa shape index (κ1) is 18.0. The van der Waals surface area contributed by atoms with Crippen LogP contribution in [0.2, 0.25) is 0 Å². The minimum atomic E-state index is -0.161. The first-order chi connectivity index (χ1) is 6.83. The average Bonchev–Trinajstić information content (AvgIpc) is 2.21. The van der Waals surface area contributed by atoms with Crippen molar-refractivity contribution in [3.8, 4) is 0 Å². The van der Waals surface area contributed by atoms with Gasteiger partial charge in [-0.05, 0) is 12.1 Å². The number of nitrogens with two attached hydrogens (primary N) is 1. The number of quaternary nitrogens is 2. The highest BCUT2D eigenvalue weighted by atomic mass is 35.5. The summed E-state index contributed by atoms with van der Waals surface area (Å²) < 4.78 is 12.6. The molecule has 0 amide bonds. The second-order valence-corrected chi connectivity index (χ2v) is 3.47. The molecule has 16 heavy (non-hydrogen) atoms. The monoisotopic (exact) mass is 268 g/mol. The van der Waals surface area contributed by atoms with E-state index in [4.69, 9.17) is 0 Å². The molecule has 0 atom stereocenters. The lowest BCUT2D eigenvalue weighted by molar-refractivity contribution is -0.671. The fourth-order valence-corrected chi connectivity index (χ4v) is 1.35. The molecule has 0 aliphatic heterocycles. The van der Waals surface area contributed by atoms with Crippen molar-refractivity contribution in [2.45, 2.75) is 19.4 Å². The van der Waals surface area contributed by atoms with Crippen LogP contribution in [0, 0.1) is 5.82 Å². The van der Waals surface area contributed by atoms with Gasteiger partial charge < -0.3 is 35.9 Å². The Morgan fingerprint density at radius 2 is 1.69 bits per heavy atom. The maximum absolute atomic E-state index is 12.6. The highest BCUT2D eigenvalue weighted by Crippen LogP contribution is 2.00. The standard InChI is InChI=1S/C11H17FN2.2ClH/c12-11-5-3-10(4-6-11)9-14-8-2-1-7-13;;/h3-6,14H,1-2,7-9,13H2;2*1H. The Bertz CT molecular complexity index is 255. The van der Waals surface area contributed by atoms with Crippen LogP contribution in [-0.4, -0.2) is 13.1 Å². The zero-order valence-electron chi connectivity index (χ0n) is 9.26. The van der Waals surface area contributed by atoms with E-state index in [0.717, 1.165) is 19.6 Å². The van der Waals surface area contributed by atoms with E-state index in [1.165, 1.54) is 30.5 Å². The van der Waals surface area contributed by atoms with Crippen LogP contribution in [-0.2, 0) is 6.54 Å². The summed E-state index contributed by atoms with van der Waals surface area (Å²) in [6, 6.07) is 6.71. The quantitative estimate of drug-likeness (QED) is 0.483. The second-order valence-electron chi connectivity index (χ2n) is 3.47. The Balaban J connectivity index is 0. The molecule has 0 radical (unpaired) electrons. The van der Waals surface area contributed by atoms with Gasteiger partial charge in [-0.15, -0.1) is 0 Å². The van der Waals surface area contributed by atoms with Crippen molar-refractivity contribution in [2.24, 2.45) is 0 Å². The number of hydrogen-bond acceptors (Lipinski definition) is 0. The van der Waals surface area contributed by atoms with Crippen molar-refractivity contribution in [1.82, 2.24) is 0 Å². The molecule has 0 unspecified atom stereocenters. The first-order valence-corrected chi connectivity index (χ1v) is 5.18.